The van der Waals surface area contributed by atoms with Crippen molar-refractivity contribution >= 4 is 31.6 Å². The molecule has 3 rings (SSSR count). The molecule has 0 amide bonds. The fraction of sp³-hybridized carbons (Fsp3) is 0.200. The minimum absolute atomic E-state index is 0.00356. The number of pyridine rings is 1. The van der Waals surface area contributed by atoms with Crippen LogP contribution in [0.3, 0.4) is 0 Å². The maximum Gasteiger partial charge on any atom is 0.242 e. The summed E-state index contributed by atoms with van der Waals surface area (Å²) in [5.41, 5.74) is 0.949. The first-order valence-corrected chi connectivity index (χ1v) is 9.11. The summed E-state index contributed by atoms with van der Waals surface area (Å²) in [7, 11) is -3.53. The lowest BCUT2D eigenvalue weighted by molar-refractivity contribution is 0.574. The van der Waals surface area contributed by atoms with Crippen molar-refractivity contribution in [1.29, 1.82) is 0 Å². The van der Waals surface area contributed by atoms with Crippen molar-refractivity contribution in [1.82, 2.24) is 14.7 Å². The fourth-order valence-electron chi connectivity index (χ4n) is 2.01. The molecule has 0 unspecified atom stereocenters. The zero-order valence-electron chi connectivity index (χ0n) is 11.9. The summed E-state index contributed by atoms with van der Waals surface area (Å²) < 4.78 is 28.1. The van der Waals surface area contributed by atoms with Crippen molar-refractivity contribution in [3.63, 3.8) is 0 Å². The third-order valence-electron chi connectivity index (χ3n) is 3.26. The lowest BCUT2D eigenvalue weighted by Crippen LogP contribution is -2.27. The average Bonchev–Trinajstić information content (AvgIpc) is 2.98. The Morgan fingerprint density at radius 1 is 1.23 bits per heavy atom. The Kier molecular flexibility index (Phi) is 4.19. The second-order valence-electron chi connectivity index (χ2n) is 4.96. The van der Waals surface area contributed by atoms with Crippen LogP contribution in [0.15, 0.2) is 53.7 Å². The molecule has 1 N–H and O–H groups in total. The lowest BCUT2D eigenvalue weighted by atomic mass is 10.2. The summed E-state index contributed by atoms with van der Waals surface area (Å²) in [6.45, 7) is 2.26. The Morgan fingerprint density at radius 2 is 2.05 bits per heavy atom. The van der Waals surface area contributed by atoms with E-state index in [-0.39, 0.29) is 10.8 Å². The zero-order valence-corrected chi connectivity index (χ0v) is 13.6. The number of hydrogen-bond acceptors (Lipinski definition) is 5. The van der Waals surface area contributed by atoms with Gasteiger partial charge in [0.15, 0.2) is 0 Å². The number of aromatic nitrogens is 2. The van der Waals surface area contributed by atoms with Crippen molar-refractivity contribution in [3.05, 3.63) is 53.8 Å². The van der Waals surface area contributed by atoms with Crippen molar-refractivity contribution in [2.24, 2.45) is 0 Å². The maximum absolute atomic E-state index is 12.2. The number of hydrogen-bond donors (Lipinski definition) is 1. The smallest absolute Gasteiger partial charge is 0.242 e. The van der Waals surface area contributed by atoms with Crippen LogP contribution >= 0.6 is 11.3 Å². The summed E-state index contributed by atoms with van der Waals surface area (Å²) in [5.74, 6) is 0.00356. The second kappa shape index (κ2) is 6.12. The molecule has 0 bridgehead atoms. The molecule has 22 heavy (non-hydrogen) atoms. The molecule has 0 saturated heterocycles. The molecule has 0 spiro atoms. The molecule has 5 nitrogen and oxygen atoms in total. The molecule has 0 radical (unpaired) electrons. The van der Waals surface area contributed by atoms with Gasteiger partial charge in [0.1, 0.15) is 4.90 Å². The Labute approximate surface area is 133 Å². The summed E-state index contributed by atoms with van der Waals surface area (Å²) >= 11 is 1.59. The van der Waals surface area contributed by atoms with E-state index in [4.69, 9.17) is 0 Å². The van der Waals surface area contributed by atoms with Crippen LogP contribution in [0.25, 0.3) is 10.2 Å². The van der Waals surface area contributed by atoms with E-state index < -0.39 is 10.0 Å². The third-order valence-corrected chi connectivity index (χ3v) is 5.93. The quantitative estimate of drug-likeness (QED) is 0.779. The minimum atomic E-state index is -3.53. The van der Waals surface area contributed by atoms with Gasteiger partial charge in [0, 0.05) is 24.9 Å². The van der Waals surface area contributed by atoms with Gasteiger partial charge >= 0.3 is 0 Å². The Hall–Kier alpha value is -1.83. The zero-order chi connectivity index (χ0) is 15.6. The number of rotatable bonds is 5. The van der Waals surface area contributed by atoms with Crippen molar-refractivity contribution < 1.29 is 8.42 Å². The number of nitrogens with one attached hydrogen (secondary N) is 1. The van der Waals surface area contributed by atoms with Gasteiger partial charge in [-0.05, 0) is 24.3 Å². The number of nitrogens with zero attached hydrogens (tertiary/aromatic N) is 2. The topological polar surface area (TPSA) is 72.0 Å². The van der Waals surface area contributed by atoms with Crippen LogP contribution in [0.4, 0.5) is 0 Å². The van der Waals surface area contributed by atoms with E-state index in [1.54, 1.807) is 23.6 Å². The highest BCUT2D eigenvalue weighted by atomic mass is 32.2. The number of para-hydroxylation sites is 1. The van der Waals surface area contributed by atoms with Crippen LogP contribution < -0.4 is 4.72 Å². The predicted molar refractivity (Wildman–Crippen MR) is 87.5 cm³/mol. The SMILES string of the molecule is C[C@H](CNS(=O)(=O)c1cccnc1)c1nc2ccccc2s1. The van der Waals surface area contributed by atoms with Gasteiger partial charge in [-0.15, -0.1) is 11.3 Å². The van der Waals surface area contributed by atoms with Gasteiger partial charge in [-0.25, -0.2) is 18.1 Å². The average molecular weight is 333 g/mol. The summed E-state index contributed by atoms with van der Waals surface area (Å²) in [5, 5.41) is 0.926. The van der Waals surface area contributed by atoms with E-state index >= 15 is 0 Å². The Balaban J connectivity index is 1.73. The van der Waals surface area contributed by atoms with E-state index in [9.17, 15) is 8.42 Å². The number of benzene rings is 1. The Bertz CT molecular complexity index is 843. The standard InChI is InChI=1S/C15H15N3O2S2/c1-11(15-18-13-6-2-3-7-14(13)21-15)9-17-22(19,20)12-5-4-8-16-10-12/h2-8,10-11,17H,9H2,1H3/t11-/m1/s1. The number of thiazole rings is 1. The highest BCUT2D eigenvalue weighted by molar-refractivity contribution is 7.89. The summed E-state index contributed by atoms with van der Waals surface area (Å²) in [6, 6.07) is 11.0. The van der Waals surface area contributed by atoms with E-state index in [1.165, 1.54) is 12.3 Å². The molecule has 114 valence electrons. The minimum Gasteiger partial charge on any atom is -0.263 e. The molecule has 0 fully saturated rings. The molecule has 0 aliphatic rings. The molecule has 0 aliphatic carbocycles. The molecule has 1 aromatic carbocycles. The summed E-state index contributed by atoms with van der Waals surface area (Å²) in [6.07, 6.45) is 2.88. The normalized spacial score (nSPS) is 13.3. The molecular formula is C15H15N3O2S2. The van der Waals surface area contributed by atoms with E-state index in [1.807, 2.05) is 31.2 Å². The van der Waals surface area contributed by atoms with E-state index in [0.717, 1.165) is 15.2 Å². The van der Waals surface area contributed by atoms with E-state index in [0.29, 0.717) is 6.54 Å². The van der Waals surface area contributed by atoms with Gasteiger partial charge in [0.2, 0.25) is 10.0 Å². The van der Waals surface area contributed by atoms with Crippen LogP contribution in [0, 0.1) is 0 Å². The van der Waals surface area contributed by atoms with Crippen molar-refractivity contribution in [2.75, 3.05) is 6.54 Å². The van der Waals surface area contributed by atoms with Crippen LogP contribution in [0.5, 0.6) is 0 Å². The van der Waals surface area contributed by atoms with Crippen molar-refractivity contribution in [3.8, 4) is 0 Å². The second-order valence-corrected chi connectivity index (χ2v) is 7.79. The van der Waals surface area contributed by atoms with Gasteiger partial charge in [-0.1, -0.05) is 19.1 Å². The van der Waals surface area contributed by atoms with Gasteiger partial charge in [-0.2, -0.15) is 0 Å². The molecule has 3 aromatic rings. The van der Waals surface area contributed by atoms with Gasteiger partial charge in [0.25, 0.3) is 0 Å². The van der Waals surface area contributed by atoms with Crippen LogP contribution in [-0.4, -0.2) is 24.9 Å². The molecule has 0 saturated carbocycles. The van der Waals surface area contributed by atoms with Crippen molar-refractivity contribution in [2.45, 2.75) is 17.7 Å². The molecule has 2 heterocycles. The molecule has 2 aromatic heterocycles. The highest BCUT2D eigenvalue weighted by Gasteiger charge is 2.17. The lowest BCUT2D eigenvalue weighted by Gasteiger charge is -2.10. The largest absolute Gasteiger partial charge is 0.263 e. The number of sulfonamides is 1. The molecule has 7 heteroatoms. The monoisotopic (exact) mass is 333 g/mol. The fourth-order valence-corrected chi connectivity index (χ4v) is 4.12. The van der Waals surface area contributed by atoms with Gasteiger partial charge in [-0.3, -0.25) is 4.98 Å². The first-order valence-electron chi connectivity index (χ1n) is 6.81. The third kappa shape index (κ3) is 3.16. The van der Waals surface area contributed by atoms with Crippen LogP contribution in [0.1, 0.15) is 17.8 Å². The molecule has 1 atom stereocenters. The first kappa shape index (κ1) is 15.1. The first-order chi connectivity index (χ1) is 10.6. The highest BCUT2D eigenvalue weighted by Crippen LogP contribution is 2.27. The van der Waals surface area contributed by atoms with Crippen LogP contribution in [0.2, 0.25) is 0 Å². The Morgan fingerprint density at radius 3 is 2.77 bits per heavy atom. The van der Waals surface area contributed by atoms with E-state index in [2.05, 4.69) is 14.7 Å². The van der Waals surface area contributed by atoms with Crippen LogP contribution in [-0.2, 0) is 10.0 Å². The molecular weight excluding hydrogens is 318 g/mol. The maximum atomic E-state index is 12.2. The van der Waals surface area contributed by atoms with Gasteiger partial charge in [0.05, 0.1) is 15.2 Å². The molecule has 0 aliphatic heterocycles. The number of fused-ring (bicyclic) bond motifs is 1. The predicted octanol–water partition coefficient (Wildman–Crippen LogP) is 2.77. The van der Waals surface area contributed by atoms with Gasteiger partial charge < -0.3 is 0 Å². The summed E-state index contributed by atoms with van der Waals surface area (Å²) in [4.78, 5) is 8.57.